The number of benzene rings is 1. The number of nitrogens with one attached hydrogen (secondary N) is 1. The Labute approximate surface area is 143 Å². The van der Waals surface area contributed by atoms with Gasteiger partial charge in [-0.2, -0.15) is 0 Å². The third-order valence-electron chi connectivity index (χ3n) is 4.35. The van der Waals surface area contributed by atoms with Gasteiger partial charge in [-0.25, -0.2) is 13.9 Å². The number of rotatable bonds is 5. The Morgan fingerprint density at radius 1 is 1.28 bits per heavy atom. The molecule has 1 N–H and O–H groups in total. The highest BCUT2D eigenvalue weighted by Crippen LogP contribution is 2.10. The first-order valence-electron chi connectivity index (χ1n) is 8.30. The Kier molecular flexibility index (Phi) is 4.43. The van der Waals surface area contributed by atoms with Crippen LogP contribution in [0.25, 0.3) is 16.7 Å². The van der Waals surface area contributed by atoms with Gasteiger partial charge in [0.2, 0.25) is 11.7 Å². The Hall–Kier alpha value is -2.90. The maximum Gasteiger partial charge on any atom is 0.351 e. The van der Waals surface area contributed by atoms with Crippen LogP contribution in [0.2, 0.25) is 0 Å². The summed E-state index contributed by atoms with van der Waals surface area (Å²) >= 11 is 0. The van der Waals surface area contributed by atoms with Gasteiger partial charge < -0.3 is 5.32 Å². The summed E-state index contributed by atoms with van der Waals surface area (Å²) in [5.41, 5.74) is -0.0741. The molecule has 0 spiro atoms. The SMILES string of the molecule is CCC(C)NC(=O)CCn1c(=O)c2ccccc2n2c(=O)n(C)nc12. The van der Waals surface area contributed by atoms with E-state index < -0.39 is 0 Å². The van der Waals surface area contributed by atoms with Crippen molar-refractivity contribution in [2.75, 3.05) is 0 Å². The van der Waals surface area contributed by atoms with E-state index in [0.29, 0.717) is 10.9 Å². The van der Waals surface area contributed by atoms with Crippen molar-refractivity contribution in [1.82, 2.24) is 24.1 Å². The second kappa shape index (κ2) is 6.54. The highest BCUT2D eigenvalue weighted by Gasteiger charge is 2.16. The van der Waals surface area contributed by atoms with Crippen molar-refractivity contribution >= 4 is 22.6 Å². The lowest BCUT2D eigenvalue weighted by molar-refractivity contribution is -0.121. The van der Waals surface area contributed by atoms with Gasteiger partial charge in [-0.3, -0.25) is 14.2 Å². The van der Waals surface area contributed by atoms with Crippen molar-refractivity contribution in [3.8, 4) is 0 Å². The minimum Gasteiger partial charge on any atom is -0.354 e. The second-order valence-electron chi connectivity index (χ2n) is 6.14. The quantitative estimate of drug-likeness (QED) is 0.736. The fourth-order valence-corrected chi connectivity index (χ4v) is 2.79. The molecule has 132 valence electrons. The molecule has 0 saturated heterocycles. The highest BCUT2D eigenvalue weighted by molar-refractivity contribution is 5.80. The van der Waals surface area contributed by atoms with Gasteiger partial charge in [0.25, 0.3) is 5.56 Å². The molecule has 25 heavy (non-hydrogen) atoms. The molecule has 0 saturated carbocycles. The number of carbonyl (C=O) groups excluding carboxylic acids is 1. The van der Waals surface area contributed by atoms with E-state index in [0.717, 1.165) is 6.42 Å². The first kappa shape index (κ1) is 16.9. The van der Waals surface area contributed by atoms with Crippen LogP contribution in [0, 0.1) is 0 Å². The molecule has 0 radical (unpaired) electrons. The molecule has 0 aliphatic rings. The second-order valence-corrected chi connectivity index (χ2v) is 6.14. The standard InChI is InChI=1S/C17H21N5O3/c1-4-11(2)18-14(23)9-10-21-15(24)12-7-5-6-8-13(12)22-16(21)19-20(3)17(22)25/h5-8,11H,4,9-10H2,1-3H3,(H,18,23). The van der Waals surface area contributed by atoms with Crippen molar-refractivity contribution in [3.63, 3.8) is 0 Å². The number of carbonyl (C=O) groups is 1. The first-order valence-corrected chi connectivity index (χ1v) is 8.30. The molecule has 2 aromatic heterocycles. The topological polar surface area (TPSA) is 90.4 Å². The predicted octanol–water partition coefficient (Wildman–Crippen LogP) is 0.653. The number of para-hydroxylation sites is 1. The average Bonchev–Trinajstić information content (AvgIpc) is 2.89. The number of hydrogen-bond donors (Lipinski definition) is 1. The lowest BCUT2D eigenvalue weighted by atomic mass is 10.2. The number of fused-ring (bicyclic) bond motifs is 3. The van der Waals surface area contributed by atoms with Crippen LogP contribution in [0.5, 0.6) is 0 Å². The lowest BCUT2D eigenvalue weighted by Crippen LogP contribution is -2.34. The number of hydrogen-bond acceptors (Lipinski definition) is 4. The molecule has 1 aromatic carbocycles. The monoisotopic (exact) mass is 343 g/mol. The third kappa shape index (κ3) is 2.95. The summed E-state index contributed by atoms with van der Waals surface area (Å²) in [6, 6.07) is 6.99. The zero-order valence-electron chi connectivity index (χ0n) is 14.5. The van der Waals surface area contributed by atoms with Crippen molar-refractivity contribution in [3.05, 3.63) is 45.1 Å². The average molecular weight is 343 g/mol. The third-order valence-corrected chi connectivity index (χ3v) is 4.35. The molecule has 8 heteroatoms. The van der Waals surface area contributed by atoms with Crippen molar-refractivity contribution in [1.29, 1.82) is 0 Å². The van der Waals surface area contributed by atoms with E-state index >= 15 is 0 Å². The van der Waals surface area contributed by atoms with Gasteiger partial charge in [0.1, 0.15) is 0 Å². The van der Waals surface area contributed by atoms with E-state index in [-0.39, 0.29) is 41.9 Å². The van der Waals surface area contributed by atoms with Crippen molar-refractivity contribution in [2.24, 2.45) is 7.05 Å². The molecule has 1 unspecified atom stereocenters. The summed E-state index contributed by atoms with van der Waals surface area (Å²) in [6.45, 7) is 4.07. The summed E-state index contributed by atoms with van der Waals surface area (Å²) < 4.78 is 3.99. The van der Waals surface area contributed by atoms with Gasteiger partial charge in [0.05, 0.1) is 10.9 Å². The van der Waals surface area contributed by atoms with Gasteiger partial charge in [0, 0.05) is 26.1 Å². The smallest absolute Gasteiger partial charge is 0.351 e. The molecule has 0 fully saturated rings. The zero-order valence-corrected chi connectivity index (χ0v) is 14.5. The Balaban J connectivity index is 2.09. The summed E-state index contributed by atoms with van der Waals surface area (Å²) in [6.07, 6.45) is 0.977. The van der Waals surface area contributed by atoms with Crippen LogP contribution in [0.3, 0.4) is 0 Å². The summed E-state index contributed by atoms with van der Waals surface area (Å²) in [7, 11) is 1.54. The van der Waals surface area contributed by atoms with Crippen LogP contribution in [-0.2, 0) is 18.4 Å². The maximum absolute atomic E-state index is 12.8. The molecule has 1 atom stereocenters. The molecule has 0 bridgehead atoms. The number of aromatic nitrogens is 4. The van der Waals surface area contributed by atoms with E-state index in [9.17, 15) is 14.4 Å². The van der Waals surface area contributed by atoms with Crippen LogP contribution in [0.15, 0.2) is 33.9 Å². The molecule has 3 rings (SSSR count). The van der Waals surface area contributed by atoms with Crippen LogP contribution in [-0.4, -0.2) is 30.7 Å². The molecular formula is C17H21N5O3. The van der Waals surface area contributed by atoms with Crippen molar-refractivity contribution in [2.45, 2.75) is 39.3 Å². The van der Waals surface area contributed by atoms with Crippen LogP contribution in [0.4, 0.5) is 0 Å². The van der Waals surface area contributed by atoms with Gasteiger partial charge in [-0.15, -0.1) is 5.10 Å². The Bertz CT molecular complexity index is 1060. The van der Waals surface area contributed by atoms with E-state index in [1.54, 1.807) is 24.3 Å². The fraction of sp³-hybridized carbons (Fsp3) is 0.412. The highest BCUT2D eigenvalue weighted by atomic mass is 16.2. The normalized spacial score (nSPS) is 12.6. The molecule has 2 heterocycles. The Morgan fingerprint density at radius 3 is 2.72 bits per heavy atom. The number of amides is 1. The fourth-order valence-electron chi connectivity index (χ4n) is 2.79. The molecular weight excluding hydrogens is 322 g/mol. The summed E-state index contributed by atoms with van der Waals surface area (Å²) in [4.78, 5) is 37.3. The zero-order chi connectivity index (χ0) is 18.1. The number of nitrogens with zero attached hydrogens (tertiary/aromatic N) is 4. The molecule has 0 aliphatic carbocycles. The van der Waals surface area contributed by atoms with E-state index in [4.69, 9.17) is 0 Å². The predicted molar refractivity (Wildman–Crippen MR) is 94.7 cm³/mol. The summed E-state index contributed by atoms with van der Waals surface area (Å²) in [5, 5.41) is 7.47. The van der Waals surface area contributed by atoms with Gasteiger partial charge in [0.15, 0.2) is 0 Å². The van der Waals surface area contributed by atoms with Crippen LogP contribution >= 0.6 is 0 Å². The Morgan fingerprint density at radius 2 is 2.00 bits per heavy atom. The first-order chi connectivity index (χ1) is 11.9. The number of aryl methyl sites for hydroxylation is 2. The van der Waals surface area contributed by atoms with E-state index in [1.807, 2.05) is 13.8 Å². The minimum atomic E-state index is -0.330. The molecule has 0 aliphatic heterocycles. The van der Waals surface area contributed by atoms with E-state index in [1.165, 1.54) is 20.7 Å². The largest absolute Gasteiger partial charge is 0.354 e. The van der Waals surface area contributed by atoms with Crippen LogP contribution in [0.1, 0.15) is 26.7 Å². The van der Waals surface area contributed by atoms with Crippen molar-refractivity contribution < 1.29 is 4.79 Å². The lowest BCUT2D eigenvalue weighted by Gasteiger charge is -2.12. The minimum absolute atomic E-state index is 0.0818. The molecule has 8 nitrogen and oxygen atoms in total. The van der Waals surface area contributed by atoms with E-state index in [2.05, 4.69) is 10.4 Å². The molecule has 1 amide bonds. The maximum atomic E-state index is 12.8. The van der Waals surface area contributed by atoms with Crippen LogP contribution < -0.4 is 16.6 Å². The molecule has 3 aromatic rings. The summed E-state index contributed by atoms with van der Waals surface area (Å²) in [5.74, 6) is 0.110. The van der Waals surface area contributed by atoms with Gasteiger partial charge in [-0.05, 0) is 25.5 Å². The van der Waals surface area contributed by atoms with Gasteiger partial charge in [-0.1, -0.05) is 19.1 Å². The van der Waals surface area contributed by atoms with Gasteiger partial charge >= 0.3 is 5.69 Å².